The number of hydrazone groups is 1. The number of ether oxygens (including phenoxy) is 3. The van der Waals surface area contributed by atoms with Crippen LogP contribution >= 0.6 is 22.9 Å². The molecule has 0 saturated carbocycles. The normalized spacial score (nSPS) is 14.6. The van der Waals surface area contributed by atoms with Gasteiger partial charge in [0.05, 0.1) is 31.1 Å². The van der Waals surface area contributed by atoms with E-state index in [0.717, 1.165) is 54.1 Å². The highest BCUT2D eigenvalue weighted by molar-refractivity contribution is 7.21. The maximum Gasteiger partial charge on any atom is 0.283 e. The Morgan fingerprint density at radius 1 is 1.21 bits per heavy atom. The second-order valence-electron chi connectivity index (χ2n) is 7.89. The van der Waals surface area contributed by atoms with Crippen LogP contribution in [0.15, 0.2) is 41.5 Å². The number of aryl methyl sites for hydroxylation is 1. The van der Waals surface area contributed by atoms with Crippen LogP contribution < -0.4 is 14.9 Å². The average molecular weight is 502 g/mol. The van der Waals surface area contributed by atoms with E-state index in [1.807, 2.05) is 50.2 Å². The minimum atomic E-state index is -0.340. The van der Waals surface area contributed by atoms with Crippen molar-refractivity contribution in [1.82, 2.24) is 10.3 Å². The molecule has 0 radical (unpaired) electrons. The van der Waals surface area contributed by atoms with Crippen LogP contribution in [0.3, 0.4) is 0 Å². The number of hydrogen-bond acceptors (Lipinski definition) is 7. The molecule has 34 heavy (non-hydrogen) atoms. The highest BCUT2D eigenvalue weighted by Gasteiger charge is 2.17. The number of rotatable bonds is 9. The van der Waals surface area contributed by atoms with E-state index >= 15 is 0 Å². The van der Waals surface area contributed by atoms with Crippen molar-refractivity contribution >= 4 is 45.1 Å². The molecular formula is C25H28ClN3O4S. The molecule has 1 aromatic heterocycles. The summed E-state index contributed by atoms with van der Waals surface area (Å²) >= 11 is 7.78. The number of nitrogens with one attached hydrogen (secondary N) is 1. The Kier molecular flexibility index (Phi) is 8.39. The predicted octanol–water partition coefficient (Wildman–Crippen LogP) is 4.74. The molecule has 1 amide bonds. The van der Waals surface area contributed by atoms with E-state index in [9.17, 15) is 4.79 Å². The summed E-state index contributed by atoms with van der Waals surface area (Å²) in [7, 11) is 0. The maximum atomic E-state index is 12.6. The van der Waals surface area contributed by atoms with Gasteiger partial charge in [0.2, 0.25) is 0 Å². The number of halogens is 1. The Labute approximate surface area is 208 Å². The summed E-state index contributed by atoms with van der Waals surface area (Å²) in [5.41, 5.74) is 4.47. The molecule has 0 spiro atoms. The van der Waals surface area contributed by atoms with Gasteiger partial charge in [-0.1, -0.05) is 23.7 Å². The van der Waals surface area contributed by atoms with Crippen molar-refractivity contribution in [3.8, 4) is 11.5 Å². The number of fused-ring (bicyclic) bond motifs is 1. The van der Waals surface area contributed by atoms with Gasteiger partial charge in [-0.2, -0.15) is 5.10 Å². The van der Waals surface area contributed by atoms with Crippen LogP contribution in [-0.2, 0) is 4.74 Å². The first-order valence-corrected chi connectivity index (χ1v) is 12.5. The lowest BCUT2D eigenvalue weighted by Gasteiger charge is -2.26. The fraction of sp³-hybridized carbons (Fsp3) is 0.360. The van der Waals surface area contributed by atoms with Crippen molar-refractivity contribution in [3.05, 3.63) is 57.4 Å². The van der Waals surface area contributed by atoms with E-state index in [4.69, 9.17) is 25.8 Å². The van der Waals surface area contributed by atoms with Crippen molar-refractivity contribution in [2.75, 3.05) is 46.1 Å². The molecule has 1 fully saturated rings. The van der Waals surface area contributed by atoms with Crippen molar-refractivity contribution in [2.24, 2.45) is 5.10 Å². The van der Waals surface area contributed by atoms with Gasteiger partial charge in [0.25, 0.3) is 5.91 Å². The highest BCUT2D eigenvalue weighted by atomic mass is 35.5. The standard InChI is InChI=1S/C25H28ClN3O4S/c1-3-32-21-15-18(5-7-20(21)33-13-10-29-8-11-31-12-9-29)16-27-28-25(30)24-23(26)19-6-4-17(2)14-22(19)34-24/h4-7,14-16H,3,8-13H2,1-2H3,(H,28,30)/b27-16-. The summed E-state index contributed by atoms with van der Waals surface area (Å²) in [6.07, 6.45) is 1.57. The van der Waals surface area contributed by atoms with Gasteiger partial charge in [-0.05, 0) is 49.2 Å². The molecule has 2 heterocycles. The molecule has 2 aromatic carbocycles. The van der Waals surface area contributed by atoms with Crippen LogP contribution in [-0.4, -0.2) is 63.1 Å². The van der Waals surface area contributed by atoms with Gasteiger partial charge in [0, 0.05) is 29.7 Å². The average Bonchev–Trinajstić information content (AvgIpc) is 3.16. The number of hydrogen-bond donors (Lipinski definition) is 1. The molecule has 3 aromatic rings. The zero-order chi connectivity index (χ0) is 23.9. The topological polar surface area (TPSA) is 72.4 Å². The molecule has 7 nitrogen and oxygen atoms in total. The van der Waals surface area contributed by atoms with Crippen LogP contribution in [0.25, 0.3) is 10.1 Å². The summed E-state index contributed by atoms with van der Waals surface area (Å²) in [4.78, 5) is 15.4. The SMILES string of the molecule is CCOc1cc(/C=N\NC(=O)c2sc3cc(C)ccc3c2Cl)ccc1OCCN1CCOCC1. The van der Waals surface area contributed by atoms with Gasteiger partial charge < -0.3 is 14.2 Å². The van der Waals surface area contributed by atoms with Gasteiger partial charge in [0.15, 0.2) is 11.5 Å². The van der Waals surface area contributed by atoms with E-state index in [1.165, 1.54) is 11.3 Å². The number of thiophene rings is 1. The lowest BCUT2D eigenvalue weighted by Crippen LogP contribution is -2.38. The largest absolute Gasteiger partial charge is 0.490 e. The second-order valence-corrected chi connectivity index (χ2v) is 9.32. The van der Waals surface area contributed by atoms with Crippen LogP contribution in [0.1, 0.15) is 27.7 Å². The lowest BCUT2D eigenvalue weighted by molar-refractivity contribution is 0.0321. The monoisotopic (exact) mass is 501 g/mol. The first-order chi connectivity index (χ1) is 16.5. The van der Waals surface area contributed by atoms with Gasteiger partial charge in [-0.15, -0.1) is 11.3 Å². The van der Waals surface area contributed by atoms with Crippen LogP contribution in [0, 0.1) is 6.92 Å². The summed E-state index contributed by atoms with van der Waals surface area (Å²) in [5, 5.41) is 5.43. The zero-order valence-corrected chi connectivity index (χ0v) is 20.9. The Morgan fingerprint density at radius 3 is 2.82 bits per heavy atom. The number of benzene rings is 2. The minimum Gasteiger partial charge on any atom is -0.490 e. The molecule has 0 atom stereocenters. The lowest BCUT2D eigenvalue weighted by atomic mass is 10.2. The number of amides is 1. The Bertz CT molecular complexity index is 1170. The number of morpholine rings is 1. The molecule has 1 aliphatic rings. The predicted molar refractivity (Wildman–Crippen MR) is 137 cm³/mol. The first-order valence-electron chi connectivity index (χ1n) is 11.3. The zero-order valence-electron chi connectivity index (χ0n) is 19.3. The molecule has 4 rings (SSSR count). The minimum absolute atomic E-state index is 0.340. The maximum absolute atomic E-state index is 12.6. The quantitative estimate of drug-likeness (QED) is 0.339. The second kappa shape index (κ2) is 11.7. The van der Waals surface area contributed by atoms with Gasteiger partial charge >= 0.3 is 0 Å². The van der Waals surface area contributed by atoms with Crippen LogP contribution in [0.4, 0.5) is 0 Å². The molecule has 9 heteroatoms. The summed E-state index contributed by atoms with van der Waals surface area (Å²) < 4.78 is 18.1. The molecule has 0 aliphatic carbocycles. The fourth-order valence-electron chi connectivity index (χ4n) is 3.64. The summed E-state index contributed by atoms with van der Waals surface area (Å²) in [6.45, 7) is 9.24. The molecular weight excluding hydrogens is 474 g/mol. The van der Waals surface area contributed by atoms with E-state index < -0.39 is 0 Å². The number of carbonyl (C=O) groups is 1. The third kappa shape index (κ3) is 6.07. The van der Waals surface area contributed by atoms with Gasteiger partial charge in [-0.3, -0.25) is 9.69 Å². The Balaban J connectivity index is 1.37. The number of nitrogens with zero attached hydrogens (tertiary/aromatic N) is 2. The van der Waals surface area contributed by atoms with E-state index in [1.54, 1.807) is 6.21 Å². The Morgan fingerprint density at radius 2 is 2.03 bits per heavy atom. The van der Waals surface area contributed by atoms with E-state index in [-0.39, 0.29) is 5.91 Å². The smallest absolute Gasteiger partial charge is 0.283 e. The van der Waals surface area contributed by atoms with Crippen LogP contribution in [0.5, 0.6) is 11.5 Å². The van der Waals surface area contributed by atoms with Gasteiger partial charge in [-0.25, -0.2) is 5.43 Å². The van der Waals surface area contributed by atoms with Crippen molar-refractivity contribution in [1.29, 1.82) is 0 Å². The van der Waals surface area contributed by atoms with Crippen molar-refractivity contribution in [2.45, 2.75) is 13.8 Å². The number of carbonyl (C=O) groups excluding carboxylic acids is 1. The molecule has 180 valence electrons. The molecule has 1 saturated heterocycles. The van der Waals surface area contributed by atoms with E-state index in [0.29, 0.717) is 34.6 Å². The fourth-order valence-corrected chi connectivity index (χ4v) is 5.14. The molecule has 0 unspecified atom stereocenters. The summed E-state index contributed by atoms with van der Waals surface area (Å²) in [5.74, 6) is 0.986. The third-order valence-electron chi connectivity index (χ3n) is 5.41. The van der Waals surface area contributed by atoms with Crippen LogP contribution in [0.2, 0.25) is 5.02 Å². The van der Waals surface area contributed by atoms with Gasteiger partial charge in [0.1, 0.15) is 11.5 Å². The van der Waals surface area contributed by atoms with Crippen molar-refractivity contribution < 1.29 is 19.0 Å². The summed E-state index contributed by atoms with van der Waals surface area (Å²) in [6, 6.07) is 11.5. The molecule has 1 aliphatic heterocycles. The Hall–Kier alpha value is -2.65. The highest BCUT2D eigenvalue weighted by Crippen LogP contribution is 2.35. The first kappa shape index (κ1) is 24.5. The third-order valence-corrected chi connectivity index (χ3v) is 7.06. The molecule has 0 bridgehead atoms. The van der Waals surface area contributed by atoms with Crippen molar-refractivity contribution in [3.63, 3.8) is 0 Å². The molecule has 1 N–H and O–H groups in total. The van der Waals surface area contributed by atoms with E-state index in [2.05, 4.69) is 15.4 Å².